The molecule has 0 amide bonds. The van der Waals surface area contributed by atoms with Crippen LogP contribution >= 0.6 is 22.6 Å². The zero-order chi connectivity index (χ0) is 12.7. The molecule has 0 aliphatic heterocycles. The van der Waals surface area contributed by atoms with Gasteiger partial charge in [-0.3, -0.25) is 0 Å². The van der Waals surface area contributed by atoms with Gasteiger partial charge in [0.15, 0.2) is 0 Å². The first kappa shape index (κ1) is 13.8. The number of hydrogen-bond acceptors (Lipinski definition) is 4. The van der Waals surface area contributed by atoms with Crippen LogP contribution in [0.4, 0.5) is 0 Å². The first-order valence-corrected chi connectivity index (χ1v) is 5.96. The molecular weight excluding hydrogens is 335 g/mol. The van der Waals surface area contributed by atoms with Crippen LogP contribution in [-0.4, -0.2) is 26.8 Å². The first-order valence-electron chi connectivity index (χ1n) is 4.88. The number of benzene rings is 1. The van der Waals surface area contributed by atoms with Crippen molar-refractivity contribution in [3.63, 3.8) is 0 Å². The number of carbonyl (C=O) groups is 1. The lowest BCUT2D eigenvalue weighted by Crippen LogP contribution is -1.99. The Hall–Kier alpha value is -1.24. The molecule has 0 aromatic heterocycles. The zero-order valence-electron chi connectivity index (χ0n) is 9.60. The van der Waals surface area contributed by atoms with Gasteiger partial charge in [0.1, 0.15) is 18.1 Å². The van der Waals surface area contributed by atoms with Gasteiger partial charge in [-0.05, 0) is 40.8 Å². The average Bonchev–Trinajstić information content (AvgIpc) is 2.36. The van der Waals surface area contributed by atoms with Crippen molar-refractivity contribution >= 4 is 28.6 Å². The van der Waals surface area contributed by atoms with Crippen LogP contribution in [0.25, 0.3) is 0 Å². The second kappa shape index (κ2) is 7.16. The van der Waals surface area contributed by atoms with Gasteiger partial charge in [0, 0.05) is 6.08 Å². The first-order chi connectivity index (χ1) is 8.19. The molecule has 5 heteroatoms. The highest BCUT2D eigenvalue weighted by Gasteiger charge is 2.05. The summed E-state index contributed by atoms with van der Waals surface area (Å²) in [5.74, 6) is 1.09. The molecule has 17 heavy (non-hydrogen) atoms. The van der Waals surface area contributed by atoms with Crippen molar-refractivity contribution in [1.82, 2.24) is 0 Å². The van der Waals surface area contributed by atoms with Gasteiger partial charge >= 0.3 is 5.97 Å². The van der Waals surface area contributed by atoms with Crippen molar-refractivity contribution in [2.24, 2.45) is 0 Å². The van der Waals surface area contributed by atoms with E-state index in [0.29, 0.717) is 6.61 Å². The minimum atomic E-state index is -0.395. The fraction of sp³-hybridized carbons (Fsp3) is 0.250. The highest BCUT2D eigenvalue weighted by molar-refractivity contribution is 14.1. The van der Waals surface area contributed by atoms with Crippen LogP contribution in [0, 0.1) is 3.57 Å². The molecule has 0 fully saturated rings. The lowest BCUT2D eigenvalue weighted by Gasteiger charge is -2.09. The molecule has 0 saturated carbocycles. The number of methoxy groups -OCH3 is 2. The Labute approximate surface area is 114 Å². The Morgan fingerprint density at radius 2 is 2.06 bits per heavy atom. The molecule has 1 rings (SSSR count). The second-order valence-corrected chi connectivity index (χ2v) is 4.09. The van der Waals surface area contributed by atoms with Crippen LogP contribution in [0.2, 0.25) is 0 Å². The molecule has 1 aromatic carbocycles. The summed E-state index contributed by atoms with van der Waals surface area (Å²) < 4.78 is 16.0. The van der Waals surface area contributed by atoms with Crippen LogP contribution in [0.5, 0.6) is 11.5 Å². The SMILES string of the molecule is COC(=O)/C=C/COc1cccc(OC)c1I. The lowest BCUT2D eigenvalue weighted by molar-refractivity contribution is -0.134. The number of esters is 1. The minimum absolute atomic E-state index is 0.304. The Morgan fingerprint density at radius 1 is 1.35 bits per heavy atom. The van der Waals surface area contributed by atoms with Crippen molar-refractivity contribution in [1.29, 1.82) is 0 Å². The van der Waals surface area contributed by atoms with E-state index in [2.05, 4.69) is 27.3 Å². The third kappa shape index (κ3) is 4.26. The Balaban J connectivity index is 2.58. The standard InChI is InChI=1S/C12H13IO4/c1-15-9-5-3-6-10(12(9)13)17-8-4-7-11(14)16-2/h3-7H,8H2,1-2H3/b7-4+. The van der Waals surface area contributed by atoms with E-state index in [1.165, 1.54) is 13.2 Å². The highest BCUT2D eigenvalue weighted by atomic mass is 127. The van der Waals surface area contributed by atoms with Gasteiger partial charge in [-0.15, -0.1) is 0 Å². The minimum Gasteiger partial charge on any atom is -0.496 e. The van der Waals surface area contributed by atoms with Crippen molar-refractivity contribution < 1.29 is 19.0 Å². The molecule has 0 aliphatic rings. The molecular formula is C12H13IO4. The number of hydrogen-bond donors (Lipinski definition) is 0. The van der Waals surface area contributed by atoms with Crippen LogP contribution in [0.1, 0.15) is 0 Å². The van der Waals surface area contributed by atoms with Gasteiger partial charge in [0.05, 0.1) is 17.8 Å². The third-order valence-corrected chi connectivity index (χ3v) is 3.00. The van der Waals surface area contributed by atoms with Crippen molar-refractivity contribution in [2.75, 3.05) is 20.8 Å². The third-order valence-electron chi connectivity index (χ3n) is 1.94. The summed E-state index contributed by atoms with van der Waals surface area (Å²) in [6, 6.07) is 5.55. The maximum Gasteiger partial charge on any atom is 0.330 e. The second-order valence-electron chi connectivity index (χ2n) is 3.01. The summed E-state index contributed by atoms with van der Waals surface area (Å²) in [5.41, 5.74) is 0. The molecule has 92 valence electrons. The van der Waals surface area contributed by atoms with Crippen LogP contribution in [0.3, 0.4) is 0 Å². The Morgan fingerprint density at radius 3 is 2.71 bits per heavy atom. The van der Waals surface area contributed by atoms with Gasteiger partial charge in [0.25, 0.3) is 0 Å². The smallest absolute Gasteiger partial charge is 0.330 e. The largest absolute Gasteiger partial charge is 0.496 e. The fourth-order valence-corrected chi connectivity index (χ4v) is 1.85. The number of rotatable bonds is 5. The Bertz CT molecular complexity index is 415. The maximum atomic E-state index is 10.8. The van der Waals surface area contributed by atoms with Crippen molar-refractivity contribution in [2.45, 2.75) is 0 Å². The lowest BCUT2D eigenvalue weighted by atomic mass is 10.3. The van der Waals surface area contributed by atoms with Gasteiger partial charge in [-0.25, -0.2) is 4.79 Å². The van der Waals surface area contributed by atoms with E-state index in [1.54, 1.807) is 13.2 Å². The predicted octanol–water partition coefficient (Wildman–Crippen LogP) is 2.41. The number of halogens is 1. The summed E-state index contributed by atoms with van der Waals surface area (Å²) in [4.78, 5) is 10.8. The molecule has 0 atom stereocenters. The van der Waals surface area contributed by atoms with Gasteiger partial charge in [-0.2, -0.15) is 0 Å². The summed E-state index contributed by atoms with van der Waals surface area (Å²) in [5, 5.41) is 0. The number of carbonyl (C=O) groups excluding carboxylic acids is 1. The monoisotopic (exact) mass is 348 g/mol. The molecule has 0 aliphatic carbocycles. The summed E-state index contributed by atoms with van der Waals surface area (Å²) in [7, 11) is 2.94. The van der Waals surface area contributed by atoms with Crippen molar-refractivity contribution in [3.8, 4) is 11.5 Å². The molecule has 0 saturated heterocycles. The van der Waals surface area contributed by atoms with E-state index in [0.717, 1.165) is 15.1 Å². The fourth-order valence-electron chi connectivity index (χ4n) is 1.11. The van der Waals surface area contributed by atoms with Crippen molar-refractivity contribution in [3.05, 3.63) is 33.9 Å². The molecule has 0 unspecified atom stereocenters. The van der Waals surface area contributed by atoms with E-state index in [4.69, 9.17) is 9.47 Å². The molecule has 0 N–H and O–H groups in total. The van der Waals surface area contributed by atoms with E-state index < -0.39 is 5.97 Å². The summed E-state index contributed by atoms with van der Waals surface area (Å²) >= 11 is 2.15. The summed E-state index contributed by atoms with van der Waals surface area (Å²) in [6.07, 6.45) is 2.93. The van der Waals surface area contributed by atoms with Crippen LogP contribution in [0.15, 0.2) is 30.4 Å². The Kier molecular flexibility index (Phi) is 5.82. The topological polar surface area (TPSA) is 44.8 Å². The molecule has 4 nitrogen and oxygen atoms in total. The zero-order valence-corrected chi connectivity index (χ0v) is 11.8. The van der Waals surface area contributed by atoms with Crippen LogP contribution in [-0.2, 0) is 9.53 Å². The van der Waals surface area contributed by atoms with E-state index in [-0.39, 0.29) is 0 Å². The average molecular weight is 348 g/mol. The molecule has 0 spiro atoms. The van der Waals surface area contributed by atoms with E-state index >= 15 is 0 Å². The quantitative estimate of drug-likeness (QED) is 0.466. The molecule has 0 radical (unpaired) electrons. The molecule has 0 heterocycles. The van der Waals surface area contributed by atoms with Gasteiger partial charge < -0.3 is 14.2 Å². The van der Waals surface area contributed by atoms with E-state index in [9.17, 15) is 4.79 Å². The van der Waals surface area contributed by atoms with Gasteiger partial charge in [-0.1, -0.05) is 6.07 Å². The summed E-state index contributed by atoms with van der Waals surface area (Å²) in [6.45, 7) is 0.304. The maximum absolute atomic E-state index is 10.8. The highest BCUT2D eigenvalue weighted by Crippen LogP contribution is 2.29. The molecule has 0 bridgehead atoms. The van der Waals surface area contributed by atoms with Crippen LogP contribution < -0.4 is 9.47 Å². The van der Waals surface area contributed by atoms with Gasteiger partial charge in [0.2, 0.25) is 0 Å². The van der Waals surface area contributed by atoms with E-state index in [1.807, 2.05) is 18.2 Å². The number of ether oxygens (including phenoxy) is 3. The predicted molar refractivity (Wildman–Crippen MR) is 72.4 cm³/mol. The normalized spacial score (nSPS) is 10.3. The molecule has 1 aromatic rings.